The van der Waals surface area contributed by atoms with E-state index in [-0.39, 0.29) is 5.52 Å². The van der Waals surface area contributed by atoms with E-state index in [4.69, 9.17) is 10.6 Å². The average Bonchev–Trinajstić information content (AvgIpc) is 2.36. The predicted octanol–water partition coefficient (Wildman–Crippen LogP) is 1.87. The van der Waals surface area contributed by atoms with Crippen molar-refractivity contribution in [3.63, 3.8) is 0 Å². The molecular weight excluding hydrogens is 240 g/mol. The standard InChI is InChI=1S/C12H11F2N3O/c13-6-3-7-11(17-15)8-5-18-2-1-10(8)16-12(7)9(14)4-6/h3-4H,1-2,5,15H2,(H,16,17). The highest BCUT2D eigenvalue weighted by Gasteiger charge is 2.20. The molecule has 4 nitrogen and oxygen atoms in total. The number of anilines is 1. The summed E-state index contributed by atoms with van der Waals surface area (Å²) in [6.45, 7) is 0.883. The second kappa shape index (κ2) is 4.15. The highest BCUT2D eigenvalue weighted by Crippen LogP contribution is 2.32. The summed E-state index contributed by atoms with van der Waals surface area (Å²) in [5, 5.41) is 0.333. The largest absolute Gasteiger partial charge is 0.376 e. The van der Waals surface area contributed by atoms with Crippen LogP contribution in [0.1, 0.15) is 11.3 Å². The maximum Gasteiger partial charge on any atom is 0.152 e. The Morgan fingerprint density at radius 3 is 2.94 bits per heavy atom. The first-order valence-corrected chi connectivity index (χ1v) is 5.55. The zero-order chi connectivity index (χ0) is 12.7. The fourth-order valence-electron chi connectivity index (χ4n) is 2.25. The second-order valence-corrected chi connectivity index (χ2v) is 4.14. The third-order valence-corrected chi connectivity index (χ3v) is 3.07. The molecule has 6 heteroatoms. The fraction of sp³-hybridized carbons (Fsp3) is 0.250. The van der Waals surface area contributed by atoms with Crippen LogP contribution in [0.25, 0.3) is 10.9 Å². The van der Waals surface area contributed by atoms with Gasteiger partial charge in [0, 0.05) is 23.4 Å². The number of halogens is 2. The van der Waals surface area contributed by atoms with Crippen molar-refractivity contribution in [2.75, 3.05) is 12.0 Å². The van der Waals surface area contributed by atoms with Crippen LogP contribution >= 0.6 is 0 Å². The summed E-state index contributed by atoms with van der Waals surface area (Å²) in [5.41, 5.74) is 4.62. The van der Waals surface area contributed by atoms with E-state index in [1.54, 1.807) is 0 Å². The Bertz CT molecular complexity index is 630. The number of nitrogens with zero attached hydrogens (tertiary/aromatic N) is 1. The molecule has 3 rings (SSSR count). The van der Waals surface area contributed by atoms with Crippen LogP contribution in [0.15, 0.2) is 12.1 Å². The van der Waals surface area contributed by atoms with Crippen molar-refractivity contribution in [2.24, 2.45) is 5.84 Å². The number of hydrazine groups is 1. The van der Waals surface area contributed by atoms with Crippen molar-refractivity contribution in [2.45, 2.75) is 13.0 Å². The number of hydrogen-bond acceptors (Lipinski definition) is 4. The number of ether oxygens (including phenoxy) is 1. The minimum absolute atomic E-state index is 0.130. The molecule has 0 saturated carbocycles. The van der Waals surface area contributed by atoms with Crippen molar-refractivity contribution in [1.82, 2.24) is 4.98 Å². The molecule has 2 aromatic rings. The molecule has 0 radical (unpaired) electrons. The molecule has 0 bridgehead atoms. The molecule has 94 valence electrons. The molecule has 18 heavy (non-hydrogen) atoms. The first kappa shape index (κ1) is 11.3. The van der Waals surface area contributed by atoms with E-state index in [0.717, 1.165) is 17.3 Å². The topological polar surface area (TPSA) is 60.2 Å². The predicted molar refractivity (Wildman–Crippen MR) is 62.8 cm³/mol. The van der Waals surface area contributed by atoms with Crippen LogP contribution in [-0.4, -0.2) is 11.6 Å². The number of nitrogen functional groups attached to an aromatic ring is 1. The van der Waals surface area contributed by atoms with Crippen LogP contribution < -0.4 is 11.3 Å². The number of pyridine rings is 1. The van der Waals surface area contributed by atoms with E-state index < -0.39 is 11.6 Å². The van der Waals surface area contributed by atoms with Gasteiger partial charge in [0.2, 0.25) is 0 Å². The van der Waals surface area contributed by atoms with Gasteiger partial charge in [-0.3, -0.25) is 5.84 Å². The van der Waals surface area contributed by atoms with Gasteiger partial charge in [-0.25, -0.2) is 13.8 Å². The van der Waals surface area contributed by atoms with Gasteiger partial charge < -0.3 is 10.2 Å². The Kier molecular flexibility index (Phi) is 2.61. The molecule has 1 aliphatic heterocycles. The third kappa shape index (κ3) is 1.61. The molecule has 0 saturated heterocycles. The van der Waals surface area contributed by atoms with Crippen molar-refractivity contribution < 1.29 is 13.5 Å². The number of aromatic nitrogens is 1. The molecule has 1 aliphatic rings. The fourth-order valence-corrected chi connectivity index (χ4v) is 2.25. The second-order valence-electron chi connectivity index (χ2n) is 4.14. The van der Waals surface area contributed by atoms with Gasteiger partial charge in [0.1, 0.15) is 11.3 Å². The van der Waals surface area contributed by atoms with E-state index in [0.29, 0.717) is 30.7 Å². The Hall–Kier alpha value is -1.79. The summed E-state index contributed by atoms with van der Waals surface area (Å²) in [5.74, 6) is 4.12. The van der Waals surface area contributed by atoms with Crippen LogP contribution in [0.4, 0.5) is 14.5 Å². The molecular formula is C12H11F2N3O. The first-order valence-electron chi connectivity index (χ1n) is 5.55. The van der Waals surface area contributed by atoms with Crippen molar-refractivity contribution in [3.05, 3.63) is 35.0 Å². The number of benzene rings is 1. The number of fused-ring (bicyclic) bond motifs is 2. The highest BCUT2D eigenvalue weighted by molar-refractivity contribution is 5.93. The monoisotopic (exact) mass is 251 g/mol. The SMILES string of the molecule is NNc1c2c(nc3c(F)cc(F)cc13)CCOC2. The van der Waals surface area contributed by atoms with Gasteiger partial charge in [0.25, 0.3) is 0 Å². The molecule has 0 spiro atoms. The van der Waals surface area contributed by atoms with Crippen LogP contribution in [0.2, 0.25) is 0 Å². The summed E-state index contributed by atoms with van der Waals surface area (Å²) in [4.78, 5) is 4.25. The van der Waals surface area contributed by atoms with Gasteiger partial charge in [-0.05, 0) is 6.07 Å². The molecule has 0 unspecified atom stereocenters. The highest BCUT2D eigenvalue weighted by atomic mass is 19.1. The van der Waals surface area contributed by atoms with E-state index in [1.165, 1.54) is 6.07 Å². The minimum Gasteiger partial charge on any atom is -0.376 e. The lowest BCUT2D eigenvalue weighted by Gasteiger charge is -2.20. The molecule has 0 aliphatic carbocycles. The first-order chi connectivity index (χ1) is 8.70. The molecule has 3 N–H and O–H groups in total. The molecule has 1 aromatic carbocycles. The maximum atomic E-state index is 13.7. The Morgan fingerprint density at radius 2 is 2.17 bits per heavy atom. The van der Waals surface area contributed by atoms with Crippen molar-refractivity contribution in [1.29, 1.82) is 0 Å². The summed E-state index contributed by atoms with van der Waals surface area (Å²) in [7, 11) is 0. The Balaban J connectivity index is 2.40. The zero-order valence-electron chi connectivity index (χ0n) is 9.46. The quantitative estimate of drug-likeness (QED) is 0.600. The number of nitrogens with two attached hydrogens (primary N) is 1. The summed E-state index contributed by atoms with van der Waals surface area (Å²) in [6.07, 6.45) is 0.594. The number of nitrogens with one attached hydrogen (secondary N) is 1. The lowest BCUT2D eigenvalue weighted by Crippen LogP contribution is -2.18. The van der Waals surface area contributed by atoms with E-state index in [9.17, 15) is 8.78 Å². The summed E-state index contributed by atoms with van der Waals surface area (Å²) in [6, 6.07) is 2.04. The zero-order valence-corrected chi connectivity index (χ0v) is 9.46. The van der Waals surface area contributed by atoms with Gasteiger partial charge in [-0.1, -0.05) is 0 Å². The van der Waals surface area contributed by atoms with Gasteiger partial charge in [-0.2, -0.15) is 0 Å². The maximum absolute atomic E-state index is 13.7. The normalized spacial score (nSPS) is 14.6. The molecule has 2 heterocycles. The van der Waals surface area contributed by atoms with Gasteiger partial charge >= 0.3 is 0 Å². The van der Waals surface area contributed by atoms with Crippen LogP contribution in [0.3, 0.4) is 0 Å². The summed E-state index contributed by atoms with van der Waals surface area (Å²) < 4.78 is 32.3. The van der Waals surface area contributed by atoms with Crippen molar-refractivity contribution >= 4 is 16.6 Å². The smallest absolute Gasteiger partial charge is 0.152 e. The van der Waals surface area contributed by atoms with Crippen LogP contribution in [0, 0.1) is 11.6 Å². The molecule has 0 amide bonds. The lowest BCUT2D eigenvalue weighted by atomic mass is 10.0. The third-order valence-electron chi connectivity index (χ3n) is 3.07. The Morgan fingerprint density at radius 1 is 1.33 bits per heavy atom. The van der Waals surface area contributed by atoms with Crippen LogP contribution in [0.5, 0.6) is 0 Å². The summed E-state index contributed by atoms with van der Waals surface area (Å²) >= 11 is 0. The molecule has 0 fully saturated rings. The lowest BCUT2D eigenvalue weighted by molar-refractivity contribution is 0.110. The molecule has 0 atom stereocenters. The number of hydrogen-bond donors (Lipinski definition) is 2. The van der Waals surface area contributed by atoms with Crippen LogP contribution in [-0.2, 0) is 17.8 Å². The molecule has 1 aromatic heterocycles. The van der Waals surface area contributed by atoms with E-state index in [2.05, 4.69) is 10.4 Å². The average molecular weight is 251 g/mol. The van der Waals surface area contributed by atoms with Gasteiger partial charge in [-0.15, -0.1) is 0 Å². The van der Waals surface area contributed by atoms with Gasteiger partial charge in [0.05, 0.1) is 24.6 Å². The number of rotatable bonds is 1. The van der Waals surface area contributed by atoms with E-state index in [1.807, 2.05) is 0 Å². The van der Waals surface area contributed by atoms with Crippen molar-refractivity contribution in [3.8, 4) is 0 Å². The van der Waals surface area contributed by atoms with E-state index >= 15 is 0 Å². The van der Waals surface area contributed by atoms with Gasteiger partial charge in [0.15, 0.2) is 5.82 Å². The minimum atomic E-state index is -0.684. The Labute approximate surface area is 102 Å².